The van der Waals surface area contributed by atoms with Crippen molar-refractivity contribution >= 4 is 11.4 Å². The van der Waals surface area contributed by atoms with E-state index in [1.165, 1.54) is 0 Å². The molecule has 0 saturated heterocycles. The van der Waals surface area contributed by atoms with E-state index >= 15 is 0 Å². The smallest absolute Gasteiger partial charge is 0.387 e. The number of hydrogen-bond acceptors (Lipinski definition) is 4. The molecule has 1 fully saturated rings. The molecule has 2 rings (SSSR count). The fraction of sp³-hybridized carbons (Fsp3) is 0.538. The van der Waals surface area contributed by atoms with Crippen molar-refractivity contribution in [1.82, 2.24) is 0 Å². The molecule has 0 amide bonds. The summed E-state index contributed by atoms with van der Waals surface area (Å²) >= 11 is 0. The van der Waals surface area contributed by atoms with Crippen LogP contribution < -0.4 is 15.8 Å². The summed E-state index contributed by atoms with van der Waals surface area (Å²) in [5, 5.41) is 12.8. The van der Waals surface area contributed by atoms with Crippen molar-refractivity contribution in [3.8, 4) is 5.75 Å². The SMILES string of the molecule is Nc1cc(F)c(OC(F)F)cc1NC1CCCCC1O. The molecule has 1 aliphatic carbocycles. The van der Waals surface area contributed by atoms with Crippen LogP contribution in [0.15, 0.2) is 12.1 Å². The largest absolute Gasteiger partial charge is 0.432 e. The standard InChI is InChI=1S/C13H17F3N2O2/c14-7-5-8(17)10(6-12(7)20-13(15)16)18-9-3-1-2-4-11(9)19/h5-6,9,11,13,18-19H,1-4,17H2. The normalized spacial score (nSPS) is 22.9. The van der Waals surface area contributed by atoms with Gasteiger partial charge in [-0.3, -0.25) is 0 Å². The van der Waals surface area contributed by atoms with E-state index in [1.807, 2.05) is 0 Å². The minimum atomic E-state index is -3.11. The minimum Gasteiger partial charge on any atom is -0.432 e. The Kier molecular flexibility index (Phi) is 4.59. The van der Waals surface area contributed by atoms with Gasteiger partial charge in [0, 0.05) is 12.1 Å². The monoisotopic (exact) mass is 290 g/mol. The zero-order valence-corrected chi connectivity index (χ0v) is 10.8. The summed E-state index contributed by atoms with van der Waals surface area (Å²) in [5.41, 5.74) is 6.03. The molecule has 112 valence electrons. The average molecular weight is 290 g/mol. The summed E-state index contributed by atoms with van der Waals surface area (Å²) in [5.74, 6) is -1.51. The Hall–Kier alpha value is -1.63. The molecule has 1 aromatic carbocycles. The first-order valence-corrected chi connectivity index (χ1v) is 6.46. The molecule has 0 radical (unpaired) electrons. The third kappa shape index (κ3) is 3.47. The number of hydrogen-bond donors (Lipinski definition) is 3. The Morgan fingerprint density at radius 1 is 1.30 bits per heavy atom. The van der Waals surface area contributed by atoms with Gasteiger partial charge < -0.3 is 20.9 Å². The fourth-order valence-corrected chi connectivity index (χ4v) is 2.36. The van der Waals surface area contributed by atoms with Gasteiger partial charge in [-0.2, -0.15) is 8.78 Å². The lowest BCUT2D eigenvalue weighted by atomic mass is 9.92. The number of nitrogen functional groups attached to an aromatic ring is 1. The zero-order chi connectivity index (χ0) is 14.7. The number of nitrogens with two attached hydrogens (primary N) is 1. The molecule has 2 atom stereocenters. The van der Waals surface area contributed by atoms with Crippen LogP contribution in [-0.2, 0) is 0 Å². The lowest BCUT2D eigenvalue weighted by Crippen LogP contribution is -2.36. The molecule has 0 bridgehead atoms. The first-order valence-electron chi connectivity index (χ1n) is 6.46. The predicted octanol–water partition coefficient (Wildman–Crippen LogP) is 2.72. The number of benzene rings is 1. The summed E-state index contributed by atoms with van der Waals surface area (Å²) in [6.45, 7) is -3.11. The zero-order valence-electron chi connectivity index (χ0n) is 10.8. The Bertz CT molecular complexity index is 471. The highest BCUT2D eigenvalue weighted by atomic mass is 19.3. The molecule has 4 N–H and O–H groups in total. The van der Waals surface area contributed by atoms with Crippen molar-refractivity contribution in [2.24, 2.45) is 0 Å². The molecule has 7 heteroatoms. The maximum Gasteiger partial charge on any atom is 0.387 e. The van der Waals surface area contributed by atoms with E-state index in [0.717, 1.165) is 31.4 Å². The molecule has 0 heterocycles. The molecular formula is C13H17F3N2O2. The van der Waals surface area contributed by atoms with Crippen molar-refractivity contribution in [2.75, 3.05) is 11.1 Å². The van der Waals surface area contributed by atoms with E-state index in [2.05, 4.69) is 10.1 Å². The Morgan fingerprint density at radius 2 is 2.00 bits per heavy atom. The van der Waals surface area contributed by atoms with Crippen LogP contribution in [0.25, 0.3) is 0 Å². The van der Waals surface area contributed by atoms with E-state index in [4.69, 9.17) is 5.73 Å². The lowest BCUT2D eigenvalue weighted by molar-refractivity contribution is -0.0521. The van der Waals surface area contributed by atoms with Gasteiger partial charge in [0.25, 0.3) is 0 Å². The van der Waals surface area contributed by atoms with E-state index in [9.17, 15) is 18.3 Å². The number of rotatable bonds is 4. The summed E-state index contributed by atoms with van der Waals surface area (Å²) in [7, 11) is 0. The molecule has 0 aliphatic heterocycles. The number of ether oxygens (including phenoxy) is 1. The van der Waals surface area contributed by atoms with Gasteiger partial charge in [-0.25, -0.2) is 4.39 Å². The summed E-state index contributed by atoms with van der Waals surface area (Å²) in [6, 6.07) is 1.80. The number of anilines is 2. The van der Waals surface area contributed by atoms with Crippen LogP contribution in [0.3, 0.4) is 0 Å². The number of aliphatic hydroxyl groups is 1. The van der Waals surface area contributed by atoms with Gasteiger partial charge in [0.05, 0.1) is 23.5 Å². The first-order chi connectivity index (χ1) is 9.47. The predicted molar refractivity (Wildman–Crippen MR) is 69.3 cm³/mol. The molecule has 4 nitrogen and oxygen atoms in total. The van der Waals surface area contributed by atoms with Crippen LogP contribution in [0.2, 0.25) is 0 Å². The van der Waals surface area contributed by atoms with Gasteiger partial charge in [-0.05, 0) is 12.8 Å². The highest BCUT2D eigenvalue weighted by Gasteiger charge is 2.24. The third-order valence-electron chi connectivity index (χ3n) is 3.39. The Morgan fingerprint density at radius 3 is 2.65 bits per heavy atom. The fourth-order valence-electron chi connectivity index (χ4n) is 2.36. The van der Waals surface area contributed by atoms with Crippen molar-refractivity contribution in [1.29, 1.82) is 0 Å². The van der Waals surface area contributed by atoms with Crippen LogP contribution in [0, 0.1) is 5.82 Å². The summed E-state index contributed by atoms with van der Waals surface area (Å²) in [6.07, 6.45) is 2.77. The van der Waals surface area contributed by atoms with Gasteiger partial charge in [0.2, 0.25) is 0 Å². The lowest BCUT2D eigenvalue weighted by Gasteiger charge is -2.29. The third-order valence-corrected chi connectivity index (χ3v) is 3.39. The molecule has 20 heavy (non-hydrogen) atoms. The average Bonchev–Trinajstić information content (AvgIpc) is 2.37. The van der Waals surface area contributed by atoms with E-state index in [-0.39, 0.29) is 17.4 Å². The first kappa shape index (κ1) is 14.8. The topological polar surface area (TPSA) is 67.5 Å². The van der Waals surface area contributed by atoms with Gasteiger partial charge in [0.15, 0.2) is 11.6 Å². The second-order valence-corrected chi connectivity index (χ2v) is 4.85. The Labute approximate surface area is 114 Å². The molecule has 2 unspecified atom stereocenters. The number of alkyl halides is 2. The van der Waals surface area contributed by atoms with Crippen LogP contribution >= 0.6 is 0 Å². The van der Waals surface area contributed by atoms with Crippen LogP contribution in [-0.4, -0.2) is 23.9 Å². The van der Waals surface area contributed by atoms with E-state index < -0.39 is 24.3 Å². The highest BCUT2D eigenvalue weighted by Crippen LogP contribution is 2.31. The quantitative estimate of drug-likeness (QED) is 0.746. The number of halogens is 3. The molecule has 0 spiro atoms. The highest BCUT2D eigenvalue weighted by molar-refractivity contribution is 5.69. The second kappa shape index (κ2) is 6.21. The van der Waals surface area contributed by atoms with Gasteiger partial charge >= 0.3 is 6.61 Å². The van der Waals surface area contributed by atoms with E-state index in [0.29, 0.717) is 6.42 Å². The van der Waals surface area contributed by atoms with Gasteiger partial charge in [0.1, 0.15) is 0 Å². The maximum atomic E-state index is 13.4. The maximum absolute atomic E-state index is 13.4. The molecular weight excluding hydrogens is 273 g/mol. The van der Waals surface area contributed by atoms with Crippen molar-refractivity contribution in [3.63, 3.8) is 0 Å². The second-order valence-electron chi connectivity index (χ2n) is 4.85. The van der Waals surface area contributed by atoms with Gasteiger partial charge in [-0.15, -0.1) is 0 Å². The van der Waals surface area contributed by atoms with E-state index in [1.54, 1.807) is 0 Å². The molecule has 0 aromatic heterocycles. The van der Waals surface area contributed by atoms with Crippen molar-refractivity contribution in [2.45, 2.75) is 44.4 Å². The molecule has 1 aromatic rings. The van der Waals surface area contributed by atoms with Gasteiger partial charge in [-0.1, -0.05) is 12.8 Å². The summed E-state index contributed by atoms with van der Waals surface area (Å²) in [4.78, 5) is 0. The number of nitrogens with one attached hydrogen (secondary N) is 1. The van der Waals surface area contributed by atoms with Crippen LogP contribution in [0.4, 0.5) is 24.5 Å². The van der Waals surface area contributed by atoms with Crippen molar-refractivity contribution < 1.29 is 23.0 Å². The summed E-state index contributed by atoms with van der Waals surface area (Å²) < 4.78 is 41.9. The minimum absolute atomic E-state index is 0.0851. The molecule has 1 saturated carbocycles. The number of aliphatic hydroxyl groups excluding tert-OH is 1. The Balaban J connectivity index is 2.17. The molecule has 1 aliphatic rings. The van der Waals surface area contributed by atoms with Crippen molar-refractivity contribution in [3.05, 3.63) is 17.9 Å². The van der Waals surface area contributed by atoms with Crippen LogP contribution in [0.5, 0.6) is 5.75 Å². The van der Waals surface area contributed by atoms with Crippen LogP contribution in [0.1, 0.15) is 25.7 Å².